The van der Waals surface area contributed by atoms with Crippen molar-refractivity contribution in [1.82, 2.24) is 15.5 Å². The number of nitrogens with one attached hydrogen (secondary N) is 2. The summed E-state index contributed by atoms with van der Waals surface area (Å²) in [5.41, 5.74) is 1.29. The molecule has 2 N–H and O–H groups in total. The minimum Gasteiger partial charge on any atom is -0.356 e. The first kappa shape index (κ1) is 19.7. The third kappa shape index (κ3) is 7.20. The van der Waals surface area contributed by atoms with E-state index < -0.39 is 0 Å². The van der Waals surface area contributed by atoms with Gasteiger partial charge in [0.05, 0.1) is 0 Å². The summed E-state index contributed by atoms with van der Waals surface area (Å²) >= 11 is 0. The number of carbonyl (C=O) groups excluding carboxylic acids is 1. The van der Waals surface area contributed by atoms with Crippen LogP contribution in [0.4, 0.5) is 0 Å². The predicted octanol–water partition coefficient (Wildman–Crippen LogP) is 1.88. The topological polar surface area (TPSA) is 56.7 Å². The number of carbonyl (C=O) groups is 1. The lowest BCUT2D eigenvalue weighted by atomic mass is 10.1. The fourth-order valence-electron chi connectivity index (χ4n) is 2.11. The van der Waals surface area contributed by atoms with Crippen molar-refractivity contribution < 1.29 is 4.79 Å². The van der Waals surface area contributed by atoms with Gasteiger partial charge in [0.15, 0.2) is 5.96 Å². The zero-order valence-corrected chi connectivity index (χ0v) is 16.4. The van der Waals surface area contributed by atoms with Crippen LogP contribution in [0.2, 0.25) is 0 Å². The summed E-state index contributed by atoms with van der Waals surface area (Å²) in [5, 5.41) is 6.71. The van der Waals surface area contributed by atoms with Crippen LogP contribution in [0.1, 0.15) is 18.9 Å². The second kappa shape index (κ2) is 9.75. The van der Waals surface area contributed by atoms with Crippen molar-refractivity contribution in [3.63, 3.8) is 0 Å². The number of hydrogen-bond acceptors (Lipinski definition) is 2. The molecule has 1 aromatic rings. The van der Waals surface area contributed by atoms with Gasteiger partial charge in [-0.1, -0.05) is 37.3 Å². The lowest BCUT2D eigenvalue weighted by Gasteiger charge is -2.13. The molecule has 1 amide bonds. The molecule has 2 atom stereocenters. The lowest BCUT2D eigenvalue weighted by molar-refractivity contribution is -0.127. The third-order valence-electron chi connectivity index (χ3n) is 3.85. The Morgan fingerprint density at radius 1 is 1.30 bits per heavy atom. The van der Waals surface area contributed by atoms with Crippen molar-refractivity contribution in [1.29, 1.82) is 0 Å². The molecule has 0 radical (unpaired) electrons. The van der Waals surface area contributed by atoms with Crippen molar-refractivity contribution >= 4 is 35.8 Å². The first-order valence-electron chi connectivity index (χ1n) is 7.85. The van der Waals surface area contributed by atoms with E-state index in [0.29, 0.717) is 12.0 Å². The van der Waals surface area contributed by atoms with Crippen LogP contribution in [0.25, 0.3) is 0 Å². The molecule has 0 aliphatic heterocycles. The van der Waals surface area contributed by atoms with Crippen LogP contribution in [0.5, 0.6) is 0 Å². The van der Waals surface area contributed by atoms with E-state index in [1.165, 1.54) is 12.0 Å². The lowest BCUT2D eigenvalue weighted by Crippen LogP contribution is -2.41. The van der Waals surface area contributed by atoms with E-state index in [0.717, 1.165) is 18.9 Å². The van der Waals surface area contributed by atoms with Crippen molar-refractivity contribution in [2.24, 2.45) is 10.9 Å². The van der Waals surface area contributed by atoms with Crippen molar-refractivity contribution in [3.8, 4) is 0 Å². The maximum Gasteiger partial charge on any atom is 0.243 e. The molecule has 1 aliphatic rings. The summed E-state index contributed by atoms with van der Waals surface area (Å²) in [7, 11) is 3.49. The van der Waals surface area contributed by atoms with E-state index >= 15 is 0 Å². The van der Waals surface area contributed by atoms with Crippen molar-refractivity contribution in [2.75, 3.05) is 27.2 Å². The highest BCUT2D eigenvalue weighted by Crippen LogP contribution is 2.28. The maximum atomic E-state index is 11.7. The predicted molar refractivity (Wildman–Crippen MR) is 105 cm³/mol. The average molecular weight is 430 g/mol. The molecule has 2 unspecified atom stereocenters. The Bertz CT molecular complexity index is 519. The van der Waals surface area contributed by atoms with Gasteiger partial charge >= 0.3 is 0 Å². The molecule has 0 saturated heterocycles. The first-order valence-corrected chi connectivity index (χ1v) is 7.85. The van der Waals surface area contributed by atoms with Crippen LogP contribution in [-0.4, -0.2) is 50.0 Å². The summed E-state index contributed by atoms with van der Waals surface area (Å²) in [4.78, 5) is 17.6. The number of rotatable bonds is 6. The molecule has 6 heteroatoms. The molecule has 1 saturated carbocycles. The third-order valence-corrected chi connectivity index (χ3v) is 3.85. The number of benzene rings is 1. The number of hydrogen-bond donors (Lipinski definition) is 2. The van der Waals surface area contributed by atoms with E-state index in [-0.39, 0.29) is 36.4 Å². The summed E-state index contributed by atoms with van der Waals surface area (Å²) in [5.74, 6) is 1.43. The molecule has 1 aromatic carbocycles. The number of aliphatic imine (C=N–C) groups is 1. The van der Waals surface area contributed by atoms with E-state index in [1.54, 1.807) is 19.0 Å². The molecule has 2 rings (SSSR count). The minimum atomic E-state index is 0. The van der Waals surface area contributed by atoms with Gasteiger partial charge in [0.2, 0.25) is 5.91 Å². The zero-order valence-electron chi connectivity index (χ0n) is 14.1. The Balaban J connectivity index is 0.00000264. The quantitative estimate of drug-likeness (QED) is 0.412. The van der Waals surface area contributed by atoms with Crippen LogP contribution in [0, 0.1) is 5.92 Å². The molecule has 23 heavy (non-hydrogen) atoms. The number of guanidine groups is 1. The maximum absolute atomic E-state index is 11.7. The summed E-state index contributed by atoms with van der Waals surface area (Å²) < 4.78 is 0. The van der Waals surface area contributed by atoms with E-state index in [4.69, 9.17) is 0 Å². The average Bonchev–Trinajstić information content (AvgIpc) is 3.20. The molecule has 128 valence electrons. The zero-order chi connectivity index (χ0) is 15.9. The molecule has 1 fully saturated rings. The van der Waals surface area contributed by atoms with Gasteiger partial charge < -0.3 is 15.5 Å². The van der Waals surface area contributed by atoms with Crippen LogP contribution in [0.15, 0.2) is 35.3 Å². The largest absolute Gasteiger partial charge is 0.356 e. The number of likely N-dealkylation sites (N-methyl/N-ethyl adjacent to an activating group) is 1. The molecule has 0 bridgehead atoms. The number of halogens is 1. The highest BCUT2D eigenvalue weighted by Gasteiger charge is 2.33. The van der Waals surface area contributed by atoms with Crippen LogP contribution >= 0.6 is 24.0 Å². The SMILES string of the molecule is CC1CC1NC(=NCC(=O)N(C)C)NCCc1ccccc1.I. The molecule has 0 heterocycles. The van der Waals surface area contributed by atoms with Gasteiger partial charge in [-0.25, -0.2) is 4.99 Å². The number of amides is 1. The Morgan fingerprint density at radius 3 is 2.52 bits per heavy atom. The van der Waals surface area contributed by atoms with E-state index in [9.17, 15) is 4.79 Å². The van der Waals surface area contributed by atoms with Gasteiger partial charge in [-0.15, -0.1) is 24.0 Å². The Labute approximate surface area is 156 Å². The molecular formula is C17H27IN4O. The molecule has 5 nitrogen and oxygen atoms in total. The summed E-state index contributed by atoms with van der Waals surface area (Å²) in [6.07, 6.45) is 2.10. The first-order chi connectivity index (χ1) is 10.6. The monoisotopic (exact) mass is 430 g/mol. The second-order valence-corrected chi connectivity index (χ2v) is 6.08. The summed E-state index contributed by atoms with van der Waals surface area (Å²) in [6, 6.07) is 10.8. The molecule has 1 aliphatic carbocycles. The Morgan fingerprint density at radius 2 is 1.96 bits per heavy atom. The van der Waals surface area contributed by atoms with E-state index in [2.05, 4.69) is 34.7 Å². The fourth-order valence-corrected chi connectivity index (χ4v) is 2.11. The van der Waals surface area contributed by atoms with E-state index in [1.807, 2.05) is 18.2 Å². The van der Waals surface area contributed by atoms with Crippen LogP contribution in [0.3, 0.4) is 0 Å². The van der Waals surface area contributed by atoms with Gasteiger partial charge in [0, 0.05) is 26.7 Å². The highest BCUT2D eigenvalue weighted by molar-refractivity contribution is 14.0. The minimum absolute atomic E-state index is 0. The van der Waals surface area contributed by atoms with Crippen molar-refractivity contribution in [2.45, 2.75) is 25.8 Å². The van der Waals surface area contributed by atoms with Gasteiger partial charge in [-0.3, -0.25) is 4.79 Å². The van der Waals surface area contributed by atoms with Gasteiger partial charge in [-0.2, -0.15) is 0 Å². The van der Waals surface area contributed by atoms with Crippen LogP contribution in [-0.2, 0) is 11.2 Å². The second-order valence-electron chi connectivity index (χ2n) is 6.08. The normalized spacial score (nSPS) is 19.5. The molecular weight excluding hydrogens is 403 g/mol. The Kier molecular flexibility index (Phi) is 8.36. The fraction of sp³-hybridized carbons (Fsp3) is 0.529. The Hall–Kier alpha value is -1.31. The van der Waals surface area contributed by atoms with Crippen molar-refractivity contribution in [3.05, 3.63) is 35.9 Å². The smallest absolute Gasteiger partial charge is 0.243 e. The number of nitrogens with zero attached hydrogens (tertiary/aromatic N) is 2. The van der Waals surface area contributed by atoms with Gasteiger partial charge in [0.25, 0.3) is 0 Å². The van der Waals surface area contributed by atoms with Gasteiger partial charge in [-0.05, 0) is 24.3 Å². The van der Waals surface area contributed by atoms with Crippen LogP contribution < -0.4 is 10.6 Å². The standard InChI is InChI=1S/C17H26N4O.HI/c1-13-11-15(13)20-17(19-12-16(22)21(2)3)18-10-9-14-7-5-4-6-8-14;/h4-8,13,15H,9-12H2,1-3H3,(H2,18,19,20);1H. The molecule has 0 aromatic heterocycles. The molecule has 0 spiro atoms. The highest BCUT2D eigenvalue weighted by atomic mass is 127. The van der Waals surface area contributed by atoms with Gasteiger partial charge in [0.1, 0.15) is 6.54 Å². The summed E-state index contributed by atoms with van der Waals surface area (Å²) in [6.45, 7) is 3.19.